The Morgan fingerprint density at radius 3 is 1.27 bits per heavy atom. The van der Waals surface area contributed by atoms with E-state index < -0.39 is 18.5 Å². The number of aliphatic hydroxyl groups is 1. The zero-order valence-corrected chi connectivity index (χ0v) is 7.49. The van der Waals surface area contributed by atoms with Crippen LogP contribution in [0, 0.1) is 6.92 Å². The molecule has 0 aromatic rings. The third kappa shape index (κ3) is 183. The van der Waals surface area contributed by atoms with Gasteiger partial charge in [0, 0.05) is 34.1 Å². The Morgan fingerprint density at radius 2 is 1.27 bits per heavy atom. The fraction of sp³-hybridized carbons (Fsp3) is 0.250. The summed E-state index contributed by atoms with van der Waals surface area (Å²) in [6, 6.07) is 0. The number of hydrogen-bond donors (Lipinski definition) is 3. The van der Waals surface area contributed by atoms with Crippen LogP contribution in [0.3, 0.4) is 0 Å². The molecule has 0 saturated carbocycles. The minimum Gasteiger partial charge on any atom is -0.503 e. The molecule has 0 spiro atoms. The molecule has 3 N–H and O–H groups in total. The van der Waals surface area contributed by atoms with Gasteiger partial charge in [-0.15, -0.1) is 0 Å². The van der Waals surface area contributed by atoms with E-state index in [4.69, 9.17) is 24.9 Å². The number of hydrogen-bond acceptors (Lipinski definition) is 3. The molecule has 0 fully saturated rings. The van der Waals surface area contributed by atoms with Crippen LogP contribution in [0.15, 0.2) is 0 Å². The zero-order chi connectivity index (χ0) is 7.86. The van der Waals surface area contributed by atoms with E-state index in [0.29, 0.717) is 0 Å². The SMILES string of the molecule is O=C(O)CO.[CH2-]C(=O)O.[Fe].[Fe]. The minimum absolute atomic E-state index is 0. The molecule has 0 aromatic heterocycles. The van der Waals surface area contributed by atoms with Crippen LogP contribution in [-0.2, 0) is 43.7 Å². The van der Waals surface area contributed by atoms with Crippen molar-refractivity contribution in [3.8, 4) is 0 Å². The number of carboxylic acids is 2. The van der Waals surface area contributed by atoms with Gasteiger partial charge in [-0.3, -0.25) is 11.7 Å². The Hall–Kier alpha value is -0.191. The summed E-state index contributed by atoms with van der Waals surface area (Å²) in [4.78, 5) is 18.0. The van der Waals surface area contributed by atoms with Crippen LogP contribution >= 0.6 is 0 Å². The molecule has 0 aromatic carbocycles. The molecule has 0 aliphatic rings. The van der Waals surface area contributed by atoms with E-state index in [-0.39, 0.29) is 34.1 Å². The fourth-order valence-corrected chi connectivity index (χ4v) is 0. The van der Waals surface area contributed by atoms with Gasteiger partial charge < -0.3 is 15.3 Å². The van der Waals surface area contributed by atoms with E-state index in [1.165, 1.54) is 0 Å². The van der Waals surface area contributed by atoms with Crippen molar-refractivity contribution in [2.24, 2.45) is 0 Å². The molecular weight excluding hydrogens is 240 g/mol. The van der Waals surface area contributed by atoms with Gasteiger partial charge in [-0.05, 0) is 0 Å². The molecule has 0 rings (SSSR count). The van der Waals surface area contributed by atoms with Gasteiger partial charge in [-0.1, -0.05) is 0 Å². The van der Waals surface area contributed by atoms with E-state index in [1.54, 1.807) is 0 Å². The molecule has 0 atom stereocenters. The zero-order valence-electron chi connectivity index (χ0n) is 5.28. The second-order valence-corrected chi connectivity index (χ2v) is 0.946. The van der Waals surface area contributed by atoms with Gasteiger partial charge in [-0.25, -0.2) is 4.79 Å². The molecule has 7 heteroatoms. The third-order valence-electron chi connectivity index (χ3n) is 0.135. The normalized spacial score (nSPS) is 5.55. The van der Waals surface area contributed by atoms with Gasteiger partial charge in [0.25, 0.3) is 0 Å². The molecule has 0 heterocycles. The smallest absolute Gasteiger partial charge is 0.329 e. The number of carbonyl (C=O) groups is 2. The first kappa shape index (κ1) is 22.4. The maximum absolute atomic E-state index is 9.12. The standard InChI is InChI=1S/C2H4O3.C2H3O2.2Fe/c3-1-2(4)5;1-2(3)4;;/h3H,1H2,(H,4,5);1H2,(H,3,4);;/q;-1;;. The molecular formula is C4H7Fe2O5-. The molecule has 0 unspecified atom stereocenters. The number of rotatable bonds is 1. The Labute approximate surface area is 84.7 Å². The first-order valence-corrected chi connectivity index (χ1v) is 1.88. The van der Waals surface area contributed by atoms with E-state index >= 15 is 0 Å². The van der Waals surface area contributed by atoms with E-state index in [0.717, 1.165) is 0 Å². The van der Waals surface area contributed by atoms with Gasteiger partial charge in [0.15, 0.2) is 5.97 Å². The maximum atomic E-state index is 9.12. The van der Waals surface area contributed by atoms with E-state index in [1.807, 2.05) is 0 Å². The van der Waals surface area contributed by atoms with Crippen LogP contribution in [0.2, 0.25) is 0 Å². The first-order valence-electron chi connectivity index (χ1n) is 1.88. The summed E-state index contributed by atoms with van der Waals surface area (Å²) in [7, 11) is 0. The fourth-order valence-electron chi connectivity index (χ4n) is 0. The van der Waals surface area contributed by atoms with Crippen molar-refractivity contribution >= 4 is 11.9 Å². The van der Waals surface area contributed by atoms with Gasteiger partial charge in [0.1, 0.15) is 6.61 Å². The maximum Gasteiger partial charge on any atom is 0.329 e. The van der Waals surface area contributed by atoms with Crippen LogP contribution in [0.25, 0.3) is 0 Å². The third-order valence-corrected chi connectivity index (χ3v) is 0.135. The van der Waals surface area contributed by atoms with Gasteiger partial charge in [0.2, 0.25) is 0 Å². The Morgan fingerprint density at radius 1 is 1.18 bits per heavy atom. The van der Waals surface area contributed by atoms with Crippen molar-refractivity contribution in [2.75, 3.05) is 6.61 Å². The van der Waals surface area contributed by atoms with Crippen LogP contribution < -0.4 is 0 Å². The van der Waals surface area contributed by atoms with Crippen molar-refractivity contribution in [3.63, 3.8) is 0 Å². The van der Waals surface area contributed by atoms with E-state index in [9.17, 15) is 0 Å². The molecule has 0 saturated heterocycles. The van der Waals surface area contributed by atoms with Crippen LogP contribution in [0.5, 0.6) is 0 Å². The quantitative estimate of drug-likeness (QED) is 0.406. The predicted molar refractivity (Wildman–Crippen MR) is 27.7 cm³/mol. The van der Waals surface area contributed by atoms with E-state index in [2.05, 4.69) is 6.92 Å². The van der Waals surface area contributed by atoms with Crippen molar-refractivity contribution < 1.29 is 59.0 Å². The summed E-state index contributed by atoms with van der Waals surface area (Å²) >= 11 is 0. The molecule has 5 nitrogen and oxygen atoms in total. The molecule has 0 radical (unpaired) electrons. The number of aliphatic carboxylic acids is 2. The Bertz CT molecular complexity index is 101. The summed E-state index contributed by atoms with van der Waals surface area (Å²) in [5.74, 6) is -2.27. The van der Waals surface area contributed by atoms with Gasteiger partial charge >= 0.3 is 5.97 Å². The average Bonchev–Trinajstić information content (AvgIpc) is 1.65. The number of carboxylic acid groups (broad SMARTS) is 2. The van der Waals surface area contributed by atoms with Gasteiger partial charge in [0.05, 0.1) is 0 Å². The number of aliphatic hydroxyl groups excluding tert-OH is 1. The minimum atomic E-state index is -1.19. The average molecular weight is 247 g/mol. The van der Waals surface area contributed by atoms with Crippen molar-refractivity contribution in [2.45, 2.75) is 0 Å². The van der Waals surface area contributed by atoms with Crippen LogP contribution in [0.1, 0.15) is 0 Å². The molecule has 0 aliphatic heterocycles. The van der Waals surface area contributed by atoms with Crippen molar-refractivity contribution in [1.82, 2.24) is 0 Å². The molecule has 0 bridgehead atoms. The summed E-state index contributed by atoms with van der Waals surface area (Å²) in [6.45, 7) is 1.78. The largest absolute Gasteiger partial charge is 0.503 e. The summed E-state index contributed by atoms with van der Waals surface area (Å²) in [6.07, 6.45) is 0. The topological polar surface area (TPSA) is 94.8 Å². The van der Waals surface area contributed by atoms with Crippen LogP contribution in [0.4, 0.5) is 0 Å². The van der Waals surface area contributed by atoms with Gasteiger partial charge in [-0.2, -0.15) is 0 Å². The summed E-state index contributed by atoms with van der Waals surface area (Å²) < 4.78 is 0. The monoisotopic (exact) mass is 247 g/mol. The summed E-state index contributed by atoms with van der Waals surface area (Å²) in [5, 5.41) is 22.3. The molecule has 0 aliphatic carbocycles. The van der Waals surface area contributed by atoms with Crippen LogP contribution in [-0.4, -0.2) is 33.9 Å². The Kier molecular flexibility index (Phi) is 33.5. The second kappa shape index (κ2) is 16.4. The molecule has 70 valence electrons. The summed E-state index contributed by atoms with van der Waals surface area (Å²) in [5.41, 5.74) is 0. The van der Waals surface area contributed by atoms with Crippen molar-refractivity contribution in [3.05, 3.63) is 6.92 Å². The molecule has 0 amide bonds. The second-order valence-electron chi connectivity index (χ2n) is 0.946. The molecule has 11 heavy (non-hydrogen) atoms. The van der Waals surface area contributed by atoms with Crippen molar-refractivity contribution in [1.29, 1.82) is 0 Å². The first-order chi connectivity index (χ1) is 4.00. The predicted octanol–water partition coefficient (Wildman–Crippen LogP) is -1.04. The Balaban J connectivity index is -0.0000000383.